The van der Waals surface area contributed by atoms with Gasteiger partial charge in [-0.25, -0.2) is 0 Å². The number of nitrogens with zero attached hydrogens (tertiary/aromatic N) is 1. The molecular weight excluding hydrogens is 585 g/mol. The first-order valence-electron chi connectivity index (χ1n) is 12.0. The molecule has 0 aliphatic rings. The quantitative estimate of drug-likeness (QED) is 0.184. The van der Waals surface area contributed by atoms with Crippen molar-refractivity contribution in [2.75, 3.05) is 30.4 Å². The summed E-state index contributed by atoms with van der Waals surface area (Å²) in [6.07, 6.45) is 0. The van der Waals surface area contributed by atoms with Crippen LogP contribution in [0.2, 0.25) is 0 Å². The molecule has 0 unspecified atom stereocenters. The van der Waals surface area contributed by atoms with Crippen LogP contribution >= 0.6 is 30.3 Å². The predicted octanol–water partition coefficient (Wildman–Crippen LogP) is 8.29. The van der Waals surface area contributed by atoms with Gasteiger partial charge < -0.3 is 0 Å². The van der Waals surface area contributed by atoms with Crippen LogP contribution < -0.4 is 15.1 Å². The normalized spacial score (nSPS) is 12.1. The number of hydrogen-bond acceptors (Lipinski definition) is 3. The molecule has 33 heavy (non-hydrogen) atoms. The van der Waals surface area contributed by atoms with Gasteiger partial charge in [0.15, 0.2) is 0 Å². The number of rotatable bonds is 12. The second-order valence-electron chi connectivity index (χ2n) is 9.84. The predicted molar refractivity (Wildman–Crippen MR) is 150 cm³/mol. The first-order valence-corrected chi connectivity index (χ1v) is 15.8. The summed E-state index contributed by atoms with van der Waals surface area (Å²) in [5.41, 5.74) is 8.18. The van der Waals surface area contributed by atoms with Gasteiger partial charge in [0.25, 0.3) is 0 Å². The van der Waals surface area contributed by atoms with Gasteiger partial charge >= 0.3 is 191 Å². The van der Waals surface area contributed by atoms with Crippen LogP contribution in [0.1, 0.15) is 101 Å². The van der Waals surface area contributed by atoms with Crippen molar-refractivity contribution in [2.45, 2.75) is 79.1 Å². The topological polar surface area (TPSA) is 27.3 Å². The number of benzene rings is 2. The number of hydrogen-bond donors (Lipinski definition) is 2. The van der Waals surface area contributed by atoms with Crippen molar-refractivity contribution in [1.82, 2.24) is 3.93 Å². The van der Waals surface area contributed by atoms with Gasteiger partial charge in [0.1, 0.15) is 0 Å². The molecule has 2 rings (SSSR count). The minimum absolute atomic E-state index is 0.456. The molecule has 0 aromatic heterocycles. The zero-order valence-corrected chi connectivity index (χ0v) is 25.6. The Bertz CT molecular complexity index is 871. The summed E-state index contributed by atoms with van der Waals surface area (Å²) in [6, 6.07) is 11.2. The Morgan fingerprint density at radius 1 is 0.758 bits per heavy atom. The third-order valence-electron chi connectivity index (χ3n) is 5.93. The molecule has 0 atom stereocenters. The summed E-state index contributed by atoms with van der Waals surface area (Å²) >= 11 is 8.60. The average molecular weight is 626 g/mol. The van der Waals surface area contributed by atoms with E-state index >= 15 is 0 Å². The van der Waals surface area contributed by atoms with Crippen LogP contribution in [0.3, 0.4) is 0 Å². The van der Waals surface area contributed by atoms with Gasteiger partial charge in [-0.2, -0.15) is 0 Å². The monoisotopic (exact) mass is 624 g/mol. The summed E-state index contributed by atoms with van der Waals surface area (Å²) in [5, 5.41) is 7.50. The average Bonchev–Trinajstić information content (AvgIpc) is 2.76. The second-order valence-corrected chi connectivity index (χ2v) is 12.7. The van der Waals surface area contributed by atoms with Gasteiger partial charge in [0.05, 0.1) is 0 Å². The van der Waals surface area contributed by atoms with Gasteiger partial charge in [-0.1, -0.05) is 33.8 Å². The standard InChI is InChI=1S/C27H41BrN3.BrH.Co/c1-18(2)22-11-9-12-23(19(3)4)26(22)29-15-16-31(28)17-30-27-24(20(5)6)13-10-14-25(27)21(7)8;;/h9-13,18-21,29-30H,15-17H2,1-8H3;1H;/q;;+1/p-1. The number of para-hydroxylation sites is 1. The van der Waals surface area contributed by atoms with Crippen molar-refractivity contribution in [1.29, 1.82) is 0 Å². The molecule has 0 radical (unpaired) electrons. The van der Waals surface area contributed by atoms with E-state index in [0.29, 0.717) is 23.7 Å². The summed E-state index contributed by atoms with van der Waals surface area (Å²) in [5.74, 6) is 1.92. The first-order chi connectivity index (χ1) is 15.6. The van der Waals surface area contributed by atoms with Crippen molar-refractivity contribution in [3.8, 4) is 0 Å². The molecule has 187 valence electrons. The van der Waals surface area contributed by atoms with Crippen LogP contribution in [-0.4, -0.2) is 23.7 Å². The molecule has 0 fully saturated rings. The fourth-order valence-electron chi connectivity index (χ4n) is 4.19. The van der Waals surface area contributed by atoms with Crippen LogP contribution in [0, 0.1) is 0 Å². The molecule has 0 heterocycles. The van der Waals surface area contributed by atoms with Gasteiger partial charge in [-0.15, -0.1) is 0 Å². The molecule has 0 aliphatic carbocycles. The van der Waals surface area contributed by atoms with Gasteiger partial charge in [-0.05, 0) is 0 Å². The van der Waals surface area contributed by atoms with Crippen molar-refractivity contribution >= 4 is 46.2 Å². The molecule has 2 aromatic rings. The maximum atomic E-state index is 3.78. The van der Waals surface area contributed by atoms with E-state index in [1.807, 2.05) is 0 Å². The Kier molecular flexibility index (Phi) is 11.8. The Balaban J connectivity index is 2.10. The molecule has 0 amide bonds. The van der Waals surface area contributed by atoms with Crippen molar-refractivity contribution in [3.63, 3.8) is 0 Å². The number of halogens is 2. The van der Waals surface area contributed by atoms with Crippen LogP contribution in [-0.2, 0) is 12.9 Å². The molecule has 0 saturated heterocycles. The second kappa shape index (κ2) is 13.5. The molecular formula is C27H41Br2CoN3. The van der Waals surface area contributed by atoms with E-state index in [1.165, 1.54) is 51.0 Å². The third-order valence-corrected chi connectivity index (χ3v) is 8.37. The summed E-state index contributed by atoms with van der Waals surface area (Å²) in [6.45, 7) is 20.7. The zero-order valence-electron chi connectivity index (χ0n) is 21.4. The molecule has 0 saturated carbocycles. The zero-order chi connectivity index (χ0) is 24.7. The number of anilines is 2. The molecule has 2 N–H and O–H groups in total. The van der Waals surface area contributed by atoms with Crippen molar-refractivity contribution < 1.29 is 12.9 Å². The Labute approximate surface area is 223 Å². The minimum atomic E-state index is 0.456. The van der Waals surface area contributed by atoms with E-state index in [9.17, 15) is 0 Å². The summed E-state index contributed by atoms with van der Waals surface area (Å²) < 4.78 is 3.52. The Morgan fingerprint density at radius 3 is 1.79 bits per heavy atom. The van der Waals surface area contributed by atoms with Crippen molar-refractivity contribution in [2.24, 2.45) is 0 Å². The third kappa shape index (κ3) is 7.73. The fraction of sp³-hybridized carbons (Fsp3) is 0.556. The van der Waals surface area contributed by atoms with E-state index in [2.05, 4.69) is 131 Å². The van der Waals surface area contributed by atoms with Crippen LogP contribution in [0.25, 0.3) is 0 Å². The maximum absolute atomic E-state index is 3.78. The van der Waals surface area contributed by atoms with E-state index in [4.69, 9.17) is 0 Å². The summed E-state index contributed by atoms with van der Waals surface area (Å²) in [7, 11) is 0. The van der Waals surface area contributed by atoms with E-state index in [-0.39, 0.29) is 0 Å². The molecule has 3 nitrogen and oxygen atoms in total. The van der Waals surface area contributed by atoms with Gasteiger partial charge in [-0.3, -0.25) is 0 Å². The summed E-state index contributed by atoms with van der Waals surface area (Å²) in [4.78, 5) is 0. The van der Waals surface area contributed by atoms with E-state index < -0.39 is 0 Å². The van der Waals surface area contributed by atoms with Gasteiger partial charge in [0, 0.05) is 0 Å². The Morgan fingerprint density at radius 2 is 1.30 bits per heavy atom. The van der Waals surface area contributed by atoms with Crippen LogP contribution in [0.15, 0.2) is 30.3 Å². The fourth-order valence-corrected chi connectivity index (χ4v) is 6.13. The Hall–Kier alpha value is -0.534. The SMILES string of the molecule is CC(C)c1cccc(C(C)C)c1NCCN(Br)CNc1c(C(C)C)cc[c]([Co][Br])c1C(C)C. The molecule has 6 heteroatoms. The molecule has 0 bridgehead atoms. The first kappa shape index (κ1) is 28.7. The van der Waals surface area contributed by atoms with E-state index in [1.54, 1.807) is 0 Å². The molecule has 2 aromatic carbocycles. The number of nitrogens with one attached hydrogen (secondary N) is 2. The van der Waals surface area contributed by atoms with Crippen LogP contribution in [0.5, 0.6) is 0 Å². The van der Waals surface area contributed by atoms with Crippen LogP contribution in [0.4, 0.5) is 11.4 Å². The molecule has 0 aliphatic heterocycles. The molecule has 0 spiro atoms. The van der Waals surface area contributed by atoms with Gasteiger partial charge in [0.2, 0.25) is 0 Å². The van der Waals surface area contributed by atoms with E-state index in [0.717, 1.165) is 19.8 Å². The van der Waals surface area contributed by atoms with Crippen molar-refractivity contribution in [3.05, 3.63) is 52.6 Å².